The molecule has 1 fully saturated rings. The quantitative estimate of drug-likeness (QED) is 0.609. The van der Waals surface area contributed by atoms with E-state index in [0.29, 0.717) is 5.92 Å². The summed E-state index contributed by atoms with van der Waals surface area (Å²) in [5.41, 5.74) is 2.94. The minimum absolute atomic E-state index is 0.0539. The SMILES string of the molecule is O=[N+]([O-])c1cnc(C2CC2)c(-c2ccccc2)c1. The maximum absolute atomic E-state index is 10.8. The van der Waals surface area contributed by atoms with Crippen LogP contribution in [-0.4, -0.2) is 9.91 Å². The average molecular weight is 240 g/mol. The third-order valence-corrected chi connectivity index (χ3v) is 3.16. The first-order valence-corrected chi connectivity index (χ1v) is 5.95. The molecule has 18 heavy (non-hydrogen) atoms. The Morgan fingerprint density at radius 3 is 2.56 bits per heavy atom. The minimum Gasteiger partial charge on any atom is -0.258 e. The van der Waals surface area contributed by atoms with Gasteiger partial charge in [-0.1, -0.05) is 30.3 Å². The monoisotopic (exact) mass is 240 g/mol. The zero-order chi connectivity index (χ0) is 12.5. The molecule has 0 N–H and O–H groups in total. The largest absolute Gasteiger partial charge is 0.288 e. The Balaban J connectivity index is 2.14. The number of aromatic nitrogens is 1. The molecular formula is C14H12N2O2. The number of hydrogen-bond acceptors (Lipinski definition) is 3. The van der Waals surface area contributed by atoms with Crippen LogP contribution in [0, 0.1) is 10.1 Å². The van der Waals surface area contributed by atoms with Crippen LogP contribution in [0.2, 0.25) is 0 Å². The van der Waals surface area contributed by atoms with Gasteiger partial charge in [-0.15, -0.1) is 0 Å². The van der Waals surface area contributed by atoms with Crippen molar-refractivity contribution >= 4 is 5.69 Å². The molecule has 1 heterocycles. The third kappa shape index (κ3) is 1.97. The van der Waals surface area contributed by atoms with E-state index >= 15 is 0 Å². The molecule has 0 unspecified atom stereocenters. The lowest BCUT2D eigenvalue weighted by molar-refractivity contribution is -0.385. The van der Waals surface area contributed by atoms with Gasteiger partial charge in [-0.25, -0.2) is 0 Å². The number of rotatable bonds is 3. The van der Waals surface area contributed by atoms with Gasteiger partial charge in [-0.3, -0.25) is 15.1 Å². The molecule has 3 rings (SSSR count). The lowest BCUT2D eigenvalue weighted by Gasteiger charge is -2.07. The summed E-state index contributed by atoms with van der Waals surface area (Å²) in [7, 11) is 0. The predicted molar refractivity (Wildman–Crippen MR) is 68.3 cm³/mol. The van der Waals surface area contributed by atoms with E-state index in [0.717, 1.165) is 29.7 Å². The molecule has 0 saturated heterocycles. The summed E-state index contributed by atoms with van der Waals surface area (Å²) in [5.74, 6) is 0.473. The van der Waals surface area contributed by atoms with Gasteiger partial charge in [0, 0.05) is 17.5 Å². The molecule has 1 aliphatic carbocycles. The zero-order valence-electron chi connectivity index (χ0n) is 9.74. The van der Waals surface area contributed by atoms with Gasteiger partial charge in [0.2, 0.25) is 0 Å². The van der Waals surface area contributed by atoms with Gasteiger partial charge in [0.15, 0.2) is 0 Å². The molecule has 2 aromatic rings. The van der Waals surface area contributed by atoms with Crippen molar-refractivity contribution in [1.82, 2.24) is 4.98 Å². The molecule has 4 heteroatoms. The van der Waals surface area contributed by atoms with E-state index in [4.69, 9.17) is 0 Å². The molecule has 0 radical (unpaired) electrons. The Hall–Kier alpha value is -2.23. The molecule has 4 nitrogen and oxygen atoms in total. The maximum Gasteiger partial charge on any atom is 0.288 e. The van der Waals surface area contributed by atoms with Gasteiger partial charge in [0.25, 0.3) is 5.69 Å². The Kier molecular flexibility index (Phi) is 2.55. The van der Waals surface area contributed by atoms with Crippen molar-refractivity contribution in [2.24, 2.45) is 0 Å². The molecule has 1 aromatic heterocycles. The highest BCUT2D eigenvalue weighted by molar-refractivity contribution is 5.69. The first-order chi connectivity index (χ1) is 8.75. The Morgan fingerprint density at radius 1 is 1.22 bits per heavy atom. The van der Waals surface area contributed by atoms with Crippen LogP contribution in [0.25, 0.3) is 11.1 Å². The molecule has 1 aliphatic rings. The Labute approximate surface area is 104 Å². The van der Waals surface area contributed by atoms with E-state index in [9.17, 15) is 10.1 Å². The second-order valence-corrected chi connectivity index (χ2v) is 4.52. The van der Waals surface area contributed by atoms with Crippen LogP contribution < -0.4 is 0 Å². The van der Waals surface area contributed by atoms with Gasteiger partial charge in [-0.05, 0) is 18.4 Å². The molecule has 0 atom stereocenters. The van der Waals surface area contributed by atoms with Gasteiger partial charge in [-0.2, -0.15) is 0 Å². The topological polar surface area (TPSA) is 56.0 Å². The van der Waals surface area contributed by atoms with Crippen molar-refractivity contribution in [3.8, 4) is 11.1 Å². The minimum atomic E-state index is -0.393. The summed E-state index contributed by atoms with van der Waals surface area (Å²) < 4.78 is 0. The van der Waals surface area contributed by atoms with Crippen molar-refractivity contribution in [1.29, 1.82) is 0 Å². The first kappa shape index (κ1) is 10.9. The Morgan fingerprint density at radius 2 is 1.94 bits per heavy atom. The molecule has 1 aromatic carbocycles. The molecule has 0 amide bonds. The number of benzene rings is 1. The zero-order valence-corrected chi connectivity index (χ0v) is 9.74. The summed E-state index contributed by atoms with van der Waals surface area (Å²) in [5, 5.41) is 10.8. The fraction of sp³-hybridized carbons (Fsp3) is 0.214. The summed E-state index contributed by atoms with van der Waals surface area (Å²) in [4.78, 5) is 14.8. The number of nitro groups is 1. The predicted octanol–water partition coefficient (Wildman–Crippen LogP) is 3.53. The van der Waals surface area contributed by atoms with Crippen LogP contribution in [0.4, 0.5) is 5.69 Å². The lowest BCUT2D eigenvalue weighted by Crippen LogP contribution is -1.96. The van der Waals surface area contributed by atoms with Crippen molar-refractivity contribution < 1.29 is 4.92 Å². The third-order valence-electron chi connectivity index (χ3n) is 3.16. The highest BCUT2D eigenvalue weighted by Crippen LogP contribution is 2.43. The van der Waals surface area contributed by atoms with Crippen LogP contribution in [0.15, 0.2) is 42.6 Å². The Bertz CT molecular complexity index is 592. The van der Waals surface area contributed by atoms with E-state index in [-0.39, 0.29) is 5.69 Å². The van der Waals surface area contributed by atoms with Crippen LogP contribution in [0.1, 0.15) is 24.5 Å². The molecule has 0 bridgehead atoms. The lowest BCUT2D eigenvalue weighted by atomic mass is 10.0. The van der Waals surface area contributed by atoms with Crippen molar-refractivity contribution in [2.45, 2.75) is 18.8 Å². The standard InChI is InChI=1S/C14H12N2O2/c17-16(18)12-8-13(10-4-2-1-3-5-10)14(15-9-12)11-6-7-11/h1-5,8-9,11H,6-7H2. The maximum atomic E-state index is 10.8. The van der Waals surface area contributed by atoms with Gasteiger partial charge < -0.3 is 0 Å². The highest BCUT2D eigenvalue weighted by Gasteiger charge is 2.29. The van der Waals surface area contributed by atoms with Crippen molar-refractivity contribution in [3.05, 3.63) is 58.4 Å². The van der Waals surface area contributed by atoms with Crippen LogP contribution in [-0.2, 0) is 0 Å². The second-order valence-electron chi connectivity index (χ2n) is 4.52. The fourth-order valence-electron chi connectivity index (χ4n) is 2.10. The van der Waals surface area contributed by atoms with Gasteiger partial charge >= 0.3 is 0 Å². The summed E-state index contributed by atoms with van der Waals surface area (Å²) in [6.45, 7) is 0. The summed E-state index contributed by atoms with van der Waals surface area (Å²) >= 11 is 0. The van der Waals surface area contributed by atoms with Gasteiger partial charge in [0.1, 0.15) is 6.20 Å². The van der Waals surface area contributed by atoms with Gasteiger partial charge in [0.05, 0.1) is 10.6 Å². The number of nitrogens with zero attached hydrogens (tertiary/aromatic N) is 2. The van der Waals surface area contributed by atoms with Crippen LogP contribution >= 0.6 is 0 Å². The number of pyridine rings is 1. The summed E-state index contributed by atoms with van der Waals surface area (Å²) in [6, 6.07) is 11.4. The van der Waals surface area contributed by atoms with Crippen LogP contribution in [0.3, 0.4) is 0 Å². The summed E-state index contributed by atoms with van der Waals surface area (Å²) in [6.07, 6.45) is 3.62. The second kappa shape index (κ2) is 4.22. The van der Waals surface area contributed by atoms with E-state index in [1.54, 1.807) is 6.07 Å². The van der Waals surface area contributed by atoms with Crippen LogP contribution in [0.5, 0.6) is 0 Å². The highest BCUT2D eigenvalue weighted by atomic mass is 16.6. The van der Waals surface area contributed by atoms with Crippen molar-refractivity contribution in [2.75, 3.05) is 0 Å². The average Bonchev–Trinajstić information content (AvgIpc) is 3.23. The number of hydrogen-bond donors (Lipinski definition) is 0. The van der Waals surface area contributed by atoms with E-state index in [1.165, 1.54) is 6.20 Å². The van der Waals surface area contributed by atoms with E-state index in [1.807, 2.05) is 30.3 Å². The van der Waals surface area contributed by atoms with E-state index in [2.05, 4.69) is 4.98 Å². The molecule has 0 aliphatic heterocycles. The smallest absolute Gasteiger partial charge is 0.258 e. The molecular weight excluding hydrogens is 228 g/mol. The molecule has 90 valence electrons. The van der Waals surface area contributed by atoms with E-state index < -0.39 is 4.92 Å². The molecule has 0 spiro atoms. The van der Waals surface area contributed by atoms with Crippen molar-refractivity contribution in [3.63, 3.8) is 0 Å². The molecule has 1 saturated carbocycles. The fourth-order valence-corrected chi connectivity index (χ4v) is 2.10. The normalized spacial score (nSPS) is 14.4. The first-order valence-electron chi connectivity index (χ1n) is 5.95.